The molecule has 3 aromatic rings. The number of aromatic nitrogens is 3. The van der Waals surface area contributed by atoms with E-state index in [1.807, 2.05) is 60.8 Å². The summed E-state index contributed by atoms with van der Waals surface area (Å²) >= 11 is 0. The van der Waals surface area contributed by atoms with Gasteiger partial charge in [0, 0.05) is 31.6 Å². The zero-order chi connectivity index (χ0) is 15.9. The fraction of sp³-hybridized carbons (Fsp3) is 0.167. The maximum Gasteiger partial charge on any atom is 0.222 e. The zero-order valence-electron chi connectivity index (χ0n) is 12.7. The highest BCUT2D eigenvalue weighted by Gasteiger charge is 2.17. The van der Waals surface area contributed by atoms with Gasteiger partial charge in [-0.2, -0.15) is 5.10 Å². The fourth-order valence-electron chi connectivity index (χ4n) is 2.40. The number of pyridine rings is 1. The molecule has 1 aromatic carbocycles. The predicted molar refractivity (Wildman–Crippen MR) is 87.5 cm³/mol. The van der Waals surface area contributed by atoms with Gasteiger partial charge < -0.3 is 5.32 Å². The number of rotatable bonds is 6. The molecule has 0 radical (unpaired) electrons. The van der Waals surface area contributed by atoms with Crippen LogP contribution >= 0.6 is 0 Å². The topological polar surface area (TPSA) is 59.8 Å². The third-order valence-corrected chi connectivity index (χ3v) is 3.55. The van der Waals surface area contributed by atoms with Crippen LogP contribution in [-0.4, -0.2) is 20.7 Å². The van der Waals surface area contributed by atoms with E-state index >= 15 is 0 Å². The van der Waals surface area contributed by atoms with Crippen molar-refractivity contribution in [3.8, 4) is 0 Å². The summed E-state index contributed by atoms with van der Waals surface area (Å²) in [5.74, 6) is -0.0278. The molecule has 1 N–H and O–H groups in total. The number of carbonyl (C=O) groups is 1. The van der Waals surface area contributed by atoms with Gasteiger partial charge in [-0.15, -0.1) is 0 Å². The number of carbonyl (C=O) groups excluding carboxylic acids is 1. The second-order valence-corrected chi connectivity index (χ2v) is 5.18. The molecule has 0 spiro atoms. The minimum Gasteiger partial charge on any atom is -0.344 e. The summed E-state index contributed by atoms with van der Waals surface area (Å²) in [7, 11) is 0. The quantitative estimate of drug-likeness (QED) is 0.761. The van der Waals surface area contributed by atoms with E-state index in [2.05, 4.69) is 15.4 Å². The van der Waals surface area contributed by atoms with Crippen molar-refractivity contribution in [2.45, 2.75) is 19.0 Å². The Morgan fingerprint density at radius 2 is 1.87 bits per heavy atom. The SMILES string of the molecule is O=C(CCn1cccn1)NC(c1ccccc1)c1ccccn1. The Morgan fingerprint density at radius 3 is 2.57 bits per heavy atom. The van der Waals surface area contributed by atoms with Crippen LogP contribution in [0.5, 0.6) is 0 Å². The monoisotopic (exact) mass is 306 g/mol. The minimum atomic E-state index is -0.248. The Morgan fingerprint density at radius 1 is 1.04 bits per heavy atom. The predicted octanol–water partition coefficient (Wildman–Crippen LogP) is 2.57. The van der Waals surface area contributed by atoms with Crippen LogP contribution in [-0.2, 0) is 11.3 Å². The van der Waals surface area contributed by atoms with Crippen molar-refractivity contribution in [1.82, 2.24) is 20.1 Å². The molecule has 0 aliphatic rings. The second-order valence-electron chi connectivity index (χ2n) is 5.18. The molecule has 0 saturated carbocycles. The molecule has 0 saturated heterocycles. The summed E-state index contributed by atoms with van der Waals surface area (Å²) in [4.78, 5) is 16.7. The van der Waals surface area contributed by atoms with E-state index in [1.54, 1.807) is 17.1 Å². The molecule has 3 rings (SSSR count). The highest BCUT2D eigenvalue weighted by molar-refractivity contribution is 5.76. The third-order valence-electron chi connectivity index (χ3n) is 3.55. The number of hydrogen-bond donors (Lipinski definition) is 1. The van der Waals surface area contributed by atoms with Crippen molar-refractivity contribution in [3.63, 3.8) is 0 Å². The first-order valence-corrected chi connectivity index (χ1v) is 7.55. The van der Waals surface area contributed by atoms with Crippen LogP contribution in [0, 0.1) is 0 Å². The average molecular weight is 306 g/mol. The van der Waals surface area contributed by atoms with Gasteiger partial charge >= 0.3 is 0 Å². The molecule has 0 aliphatic heterocycles. The van der Waals surface area contributed by atoms with Gasteiger partial charge in [-0.05, 0) is 23.8 Å². The molecule has 0 aliphatic carbocycles. The largest absolute Gasteiger partial charge is 0.344 e. The van der Waals surface area contributed by atoms with E-state index in [0.717, 1.165) is 11.3 Å². The maximum atomic E-state index is 12.3. The van der Waals surface area contributed by atoms with Gasteiger partial charge in [0.05, 0.1) is 11.7 Å². The lowest BCUT2D eigenvalue weighted by Gasteiger charge is -2.19. The van der Waals surface area contributed by atoms with E-state index in [9.17, 15) is 4.79 Å². The maximum absolute atomic E-state index is 12.3. The Kier molecular flexibility index (Phi) is 4.79. The Bertz CT molecular complexity index is 687. The molecule has 1 amide bonds. The molecule has 1 atom stereocenters. The lowest BCUT2D eigenvalue weighted by molar-refractivity contribution is -0.121. The smallest absolute Gasteiger partial charge is 0.222 e. The molecule has 116 valence electrons. The van der Waals surface area contributed by atoms with Crippen molar-refractivity contribution in [3.05, 3.63) is 84.4 Å². The van der Waals surface area contributed by atoms with Gasteiger partial charge in [0.15, 0.2) is 0 Å². The lowest BCUT2D eigenvalue weighted by Crippen LogP contribution is -2.30. The van der Waals surface area contributed by atoms with Crippen molar-refractivity contribution in [1.29, 1.82) is 0 Å². The molecule has 2 aromatic heterocycles. The molecular formula is C18H18N4O. The van der Waals surface area contributed by atoms with E-state index < -0.39 is 0 Å². The molecule has 1 unspecified atom stereocenters. The summed E-state index contributed by atoms with van der Waals surface area (Å²) in [6.45, 7) is 0.558. The van der Waals surface area contributed by atoms with Crippen molar-refractivity contribution in [2.24, 2.45) is 0 Å². The standard InChI is InChI=1S/C18H18N4O/c23-17(10-14-22-13-6-12-20-22)21-18(15-7-2-1-3-8-15)16-9-4-5-11-19-16/h1-9,11-13,18H,10,14H2,(H,21,23). The highest BCUT2D eigenvalue weighted by atomic mass is 16.1. The summed E-state index contributed by atoms with van der Waals surface area (Å²) in [6, 6.07) is 17.2. The molecule has 0 fully saturated rings. The summed E-state index contributed by atoms with van der Waals surface area (Å²) in [5, 5.41) is 7.18. The van der Waals surface area contributed by atoms with E-state index in [-0.39, 0.29) is 11.9 Å². The summed E-state index contributed by atoms with van der Waals surface area (Å²) < 4.78 is 1.75. The van der Waals surface area contributed by atoms with Gasteiger partial charge in [0.1, 0.15) is 0 Å². The van der Waals surface area contributed by atoms with Gasteiger partial charge in [-0.3, -0.25) is 14.5 Å². The number of hydrogen-bond acceptors (Lipinski definition) is 3. The molecule has 5 heteroatoms. The van der Waals surface area contributed by atoms with Crippen LogP contribution in [0.3, 0.4) is 0 Å². The Balaban J connectivity index is 1.72. The molecule has 2 heterocycles. The average Bonchev–Trinajstić information content (AvgIpc) is 3.13. The van der Waals surface area contributed by atoms with Crippen molar-refractivity contribution < 1.29 is 4.79 Å². The number of nitrogens with zero attached hydrogens (tertiary/aromatic N) is 3. The number of aryl methyl sites for hydroxylation is 1. The van der Waals surface area contributed by atoms with E-state index in [4.69, 9.17) is 0 Å². The van der Waals surface area contributed by atoms with Crippen LogP contribution in [0.2, 0.25) is 0 Å². The number of amides is 1. The van der Waals surface area contributed by atoms with Crippen LogP contribution in [0.15, 0.2) is 73.2 Å². The highest BCUT2D eigenvalue weighted by Crippen LogP contribution is 2.20. The summed E-state index contributed by atoms with van der Waals surface area (Å²) in [6.07, 6.45) is 5.66. The number of nitrogens with one attached hydrogen (secondary N) is 1. The second kappa shape index (κ2) is 7.35. The van der Waals surface area contributed by atoms with Crippen LogP contribution in [0.1, 0.15) is 23.7 Å². The van der Waals surface area contributed by atoms with Crippen molar-refractivity contribution >= 4 is 5.91 Å². The molecule has 23 heavy (non-hydrogen) atoms. The Hall–Kier alpha value is -2.95. The summed E-state index contributed by atoms with van der Waals surface area (Å²) in [5.41, 5.74) is 1.84. The molecule has 0 bridgehead atoms. The van der Waals surface area contributed by atoms with Gasteiger partial charge in [0.25, 0.3) is 0 Å². The first-order chi connectivity index (χ1) is 11.3. The van der Waals surface area contributed by atoms with Gasteiger partial charge in [-0.25, -0.2) is 0 Å². The van der Waals surface area contributed by atoms with Gasteiger partial charge in [-0.1, -0.05) is 36.4 Å². The van der Waals surface area contributed by atoms with Gasteiger partial charge in [0.2, 0.25) is 5.91 Å². The van der Waals surface area contributed by atoms with Crippen molar-refractivity contribution in [2.75, 3.05) is 0 Å². The Labute approximate surface area is 135 Å². The fourth-order valence-corrected chi connectivity index (χ4v) is 2.40. The third kappa shape index (κ3) is 4.03. The van der Waals surface area contributed by atoms with E-state index in [0.29, 0.717) is 13.0 Å². The van der Waals surface area contributed by atoms with Crippen LogP contribution in [0.25, 0.3) is 0 Å². The van der Waals surface area contributed by atoms with Crippen LogP contribution < -0.4 is 5.32 Å². The molecule has 5 nitrogen and oxygen atoms in total. The first-order valence-electron chi connectivity index (χ1n) is 7.55. The minimum absolute atomic E-state index is 0.0278. The normalized spacial score (nSPS) is 11.8. The first kappa shape index (κ1) is 15.0. The number of benzene rings is 1. The zero-order valence-corrected chi connectivity index (χ0v) is 12.7. The molecular weight excluding hydrogens is 288 g/mol. The van der Waals surface area contributed by atoms with E-state index in [1.165, 1.54) is 0 Å². The lowest BCUT2D eigenvalue weighted by atomic mass is 10.0. The van der Waals surface area contributed by atoms with Crippen LogP contribution in [0.4, 0.5) is 0 Å².